The number of nitrogens with zero attached hydrogens (tertiary/aromatic N) is 5. The van der Waals surface area contributed by atoms with Crippen LogP contribution in [0.1, 0.15) is 12.6 Å². The molecule has 1 aromatic heterocycles. The first-order valence-electron chi connectivity index (χ1n) is 6.05. The maximum Gasteiger partial charge on any atom is 0.136 e. The minimum Gasteiger partial charge on any atom is -0.394 e. The average molecular weight is 259 g/mol. The molecule has 2 heterocycles. The summed E-state index contributed by atoms with van der Waals surface area (Å²) in [6, 6.07) is 7.40. The van der Waals surface area contributed by atoms with Crippen molar-refractivity contribution in [3.8, 4) is 0 Å². The van der Waals surface area contributed by atoms with E-state index in [-0.39, 0.29) is 18.9 Å². The molecule has 1 N–H and O–H groups in total. The van der Waals surface area contributed by atoms with E-state index in [1.165, 1.54) is 0 Å². The third-order valence-electron chi connectivity index (χ3n) is 3.38. The normalized spacial score (nSPS) is 26.5. The number of aliphatic hydroxyl groups is 1. The van der Waals surface area contributed by atoms with Gasteiger partial charge in [0, 0.05) is 11.3 Å². The summed E-state index contributed by atoms with van der Waals surface area (Å²) >= 11 is 0. The first kappa shape index (κ1) is 12.0. The molecule has 1 saturated heterocycles. The molecule has 7 nitrogen and oxygen atoms in total. The van der Waals surface area contributed by atoms with Gasteiger partial charge in [0.05, 0.1) is 36.1 Å². The Bertz CT molecular complexity index is 634. The zero-order valence-corrected chi connectivity index (χ0v) is 10.1. The third kappa shape index (κ3) is 2.04. The van der Waals surface area contributed by atoms with Crippen molar-refractivity contribution < 1.29 is 9.84 Å². The zero-order valence-electron chi connectivity index (χ0n) is 10.1. The van der Waals surface area contributed by atoms with Crippen LogP contribution in [0, 0.1) is 0 Å². The molecule has 0 bridgehead atoms. The van der Waals surface area contributed by atoms with E-state index in [0.29, 0.717) is 6.42 Å². The predicted molar refractivity (Wildman–Crippen MR) is 68.3 cm³/mol. The van der Waals surface area contributed by atoms with Crippen molar-refractivity contribution in [2.75, 3.05) is 6.61 Å². The highest BCUT2D eigenvalue weighted by Crippen LogP contribution is 2.32. The van der Waals surface area contributed by atoms with E-state index >= 15 is 0 Å². The van der Waals surface area contributed by atoms with Gasteiger partial charge in [-0.15, -0.1) is 0 Å². The molecule has 1 aromatic carbocycles. The molecular weight excluding hydrogens is 246 g/mol. The van der Waals surface area contributed by atoms with Crippen molar-refractivity contribution in [1.82, 2.24) is 9.55 Å². The monoisotopic (exact) mass is 259 g/mol. The Kier molecular flexibility index (Phi) is 3.08. The van der Waals surface area contributed by atoms with Gasteiger partial charge in [-0.1, -0.05) is 17.2 Å². The highest BCUT2D eigenvalue weighted by atomic mass is 16.5. The number of para-hydroxylation sites is 2. The maximum atomic E-state index is 9.26. The Labute approximate surface area is 109 Å². The second-order valence-electron chi connectivity index (χ2n) is 4.46. The third-order valence-corrected chi connectivity index (χ3v) is 3.38. The van der Waals surface area contributed by atoms with Gasteiger partial charge in [0.15, 0.2) is 0 Å². The zero-order chi connectivity index (χ0) is 13.2. The number of aliphatic hydroxyl groups excluding tert-OH is 1. The number of hydrogen-bond acceptors (Lipinski definition) is 4. The standard InChI is InChI=1S/C12H13N5O2/c13-16-15-9-5-12(19-11(9)6-18)17-7-14-8-3-1-2-4-10(8)17/h1-4,7,9,11-12,18H,5-6H2/t9-,11+,12+/m0/s1. The van der Waals surface area contributed by atoms with Crippen molar-refractivity contribution in [1.29, 1.82) is 0 Å². The molecular formula is C12H13N5O2. The summed E-state index contributed by atoms with van der Waals surface area (Å²) in [7, 11) is 0. The quantitative estimate of drug-likeness (QED) is 0.518. The summed E-state index contributed by atoms with van der Waals surface area (Å²) in [6.45, 7) is -0.160. The van der Waals surface area contributed by atoms with Crippen LogP contribution < -0.4 is 0 Å². The Morgan fingerprint density at radius 1 is 1.53 bits per heavy atom. The number of ether oxygens (including phenoxy) is 1. The van der Waals surface area contributed by atoms with E-state index in [1.54, 1.807) is 6.33 Å². The van der Waals surface area contributed by atoms with Crippen LogP contribution in [0.3, 0.4) is 0 Å². The van der Waals surface area contributed by atoms with E-state index < -0.39 is 6.10 Å². The van der Waals surface area contributed by atoms with Crippen LogP contribution in [0.15, 0.2) is 35.7 Å². The van der Waals surface area contributed by atoms with E-state index in [4.69, 9.17) is 10.3 Å². The molecule has 0 amide bonds. The minimum atomic E-state index is -0.456. The second kappa shape index (κ2) is 4.89. The van der Waals surface area contributed by atoms with Crippen LogP contribution in [0.25, 0.3) is 21.5 Å². The predicted octanol–water partition coefficient (Wildman–Crippen LogP) is 1.99. The minimum absolute atomic E-state index is 0.160. The summed E-state index contributed by atoms with van der Waals surface area (Å²) in [4.78, 5) is 7.11. The number of rotatable bonds is 3. The molecule has 19 heavy (non-hydrogen) atoms. The SMILES string of the molecule is [N-]=[N+]=N[C@H]1C[C@H](n2cnc3ccccc32)O[C@@H]1CO. The fourth-order valence-corrected chi connectivity index (χ4v) is 2.45. The summed E-state index contributed by atoms with van der Waals surface area (Å²) in [5.41, 5.74) is 10.4. The second-order valence-corrected chi connectivity index (χ2v) is 4.46. The Hall–Kier alpha value is -2.08. The lowest BCUT2D eigenvalue weighted by molar-refractivity contribution is -0.0230. The van der Waals surface area contributed by atoms with Crippen LogP contribution >= 0.6 is 0 Å². The van der Waals surface area contributed by atoms with Gasteiger partial charge in [-0.3, -0.25) is 0 Å². The Morgan fingerprint density at radius 2 is 2.37 bits per heavy atom. The van der Waals surface area contributed by atoms with Gasteiger partial charge in [-0.2, -0.15) is 0 Å². The van der Waals surface area contributed by atoms with E-state index in [9.17, 15) is 5.11 Å². The molecule has 3 atom stereocenters. The molecule has 7 heteroatoms. The smallest absolute Gasteiger partial charge is 0.136 e. The topological polar surface area (TPSA) is 96.0 Å². The fraction of sp³-hybridized carbons (Fsp3) is 0.417. The van der Waals surface area contributed by atoms with Gasteiger partial charge in [-0.25, -0.2) is 4.98 Å². The van der Waals surface area contributed by atoms with E-state index in [0.717, 1.165) is 11.0 Å². The van der Waals surface area contributed by atoms with Crippen molar-refractivity contribution in [2.45, 2.75) is 24.8 Å². The highest BCUT2D eigenvalue weighted by Gasteiger charge is 2.35. The molecule has 0 spiro atoms. The lowest BCUT2D eigenvalue weighted by atomic mass is 10.1. The van der Waals surface area contributed by atoms with Crippen LogP contribution in [0.2, 0.25) is 0 Å². The molecule has 1 fully saturated rings. The number of hydrogen-bond donors (Lipinski definition) is 1. The summed E-state index contributed by atoms with van der Waals surface area (Å²) in [5.74, 6) is 0. The fourth-order valence-electron chi connectivity index (χ4n) is 2.45. The highest BCUT2D eigenvalue weighted by molar-refractivity contribution is 5.75. The number of imidazole rings is 1. The summed E-state index contributed by atoms with van der Waals surface area (Å²) < 4.78 is 7.64. The molecule has 0 saturated carbocycles. The summed E-state index contributed by atoms with van der Waals surface area (Å²) in [5, 5.41) is 12.9. The molecule has 2 aromatic rings. The van der Waals surface area contributed by atoms with Crippen molar-refractivity contribution in [2.24, 2.45) is 5.11 Å². The molecule has 0 aliphatic carbocycles. The largest absolute Gasteiger partial charge is 0.394 e. The van der Waals surface area contributed by atoms with Gasteiger partial charge in [0.2, 0.25) is 0 Å². The lowest BCUT2D eigenvalue weighted by Gasteiger charge is -2.14. The molecule has 0 radical (unpaired) electrons. The van der Waals surface area contributed by atoms with E-state index in [2.05, 4.69) is 15.0 Å². The van der Waals surface area contributed by atoms with Crippen LogP contribution in [0.4, 0.5) is 0 Å². The molecule has 3 rings (SSSR count). The van der Waals surface area contributed by atoms with Gasteiger partial charge in [0.1, 0.15) is 6.23 Å². The lowest BCUT2D eigenvalue weighted by Crippen LogP contribution is -2.22. The number of fused-ring (bicyclic) bond motifs is 1. The van der Waals surface area contributed by atoms with Crippen molar-refractivity contribution >= 4 is 11.0 Å². The van der Waals surface area contributed by atoms with E-state index in [1.807, 2.05) is 28.8 Å². The van der Waals surface area contributed by atoms with Crippen LogP contribution in [-0.4, -0.2) is 33.4 Å². The van der Waals surface area contributed by atoms with Gasteiger partial charge in [0.25, 0.3) is 0 Å². The van der Waals surface area contributed by atoms with Gasteiger partial charge in [-0.05, 0) is 17.7 Å². The molecule has 0 unspecified atom stereocenters. The number of benzene rings is 1. The molecule has 1 aliphatic heterocycles. The summed E-state index contributed by atoms with van der Waals surface area (Å²) in [6.07, 6.45) is 1.53. The number of azide groups is 1. The van der Waals surface area contributed by atoms with Crippen molar-refractivity contribution in [3.63, 3.8) is 0 Å². The first-order valence-corrected chi connectivity index (χ1v) is 6.05. The average Bonchev–Trinajstić information content (AvgIpc) is 3.02. The van der Waals surface area contributed by atoms with Gasteiger partial charge < -0.3 is 14.4 Å². The van der Waals surface area contributed by atoms with Crippen LogP contribution in [0.5, 0.6) is 0 Å². The van der Waals surface area contributed by atoms with Gasteiger partial charge >= 0.3 is 0 Å². The molecule has 1 aliphatic rings. The first-order chi connectivity index (χ1) is 9.33. The van der Waals surface area contributed by atoms with Crippen molar-refractivity contribution in [3.05, 3.63) is 41.0 Å². The molecule has 98 valence electrons. The Balaban J connectivity index is 1.93. The maximum absolute atomic E-state index is 9.26. The number of aromatic nitrogens is 2. The van der Waals surface area contributed by atoms with Crippen LogP contribution in [-0.2, 0) is 4.74 Å². The Morgan fingerprint density at radius 3 is 3.16 bits per heavy atom.